The van der Waals surface area contributed by atoms with Crippen molar-refractivity contribution in [1.82, 2.24) is 14.8 Å². The highest BCUT2D eigenvalue weighted by atomic mass is 16.6. The van der Waals surface area contributed by atoms with Gasteiger partial charge < -0.3 is 43.4 Å². The molecule has 336 valence electrons. The van der Waals surface area contributed by atoms with E-state index >= 15 is 0 Å². The molecule has 2 amide bonds. The zero-order valence-corrected chi connectivity index (χ0v) is 35.9. The second-order valence-electron chi connectivity index (χ2n) is 15.8. The molecular weight excluding hydrogens is 831 g/mol. The van der Waals surface area contributed by atoms with Gasteiger partial charge in [0.05, 0.1) is 31.2 Å². The first-order valence-electron chi connectivity index (χ1n) is 21.5. The number of carboxylic acids is 1. The van der Waals surface area contributed by atoms with E-state index in [1.165, 1.54) is 4.90 Å². The number of nitrogens with zero attached hydrogens (tertiary/aromatic N) is 3. The lowest BCUT2D eigenvalue weighted by molar-refractivity contribution is -0.148. The Morgan fingerprint density at radius 2 is 1.15 bits per heavy atom. The third-order valence-corrected chi connectivity index (χ3v) is 11.2. The lowest BCUT2D eigenvalue weighted by Gasteiger charge is -2.16. The predicted octanol–water partition coefficient (Wildman–Crippen LogP) is 8.58. The van der Waals surface area contributed by atoms with Crippen LogP contribution in [-0.4, -0.2) is 88.5 Å². The van der Waals surface area contributed by atoms with Crippen LogP contribution in [0.25, 0.3) is 11.5 Å². The van der Waals surface area contributed by atoms with E-state index in [0.29, 0.717) is 68.7 Å². The molecule has 0 unspecified atom stereocenters. The van der Waals surface area contributed by atoms with Gasteiger partial charge in [-0.3, -0.25) is 9.59 Å². The number of hydrogen-bond donors (Lipinski definition) is 2. The molecule has 5 aromatic carbocycles. The molecule has 0 bridgehead atoms. The van der Waals surface area contributed by atoms with E-state index in [2.05, 4.69) is 4.98 Å². The summed E-state index contributed by atoms with van der Waals surface area (Å²) in [4.78, 5) is 56.7. The van der Waals surface area contributed by atoms with Crippen LogP contribution >= 0.6 is 0 Å². The first kappa shape index (κ1) is 45.4. The number of carboxylic acid groups (broad SMARTS) is 1. The van der Waals surface area contributed by atoms with Gasteiger partial charge in [-0.1, -0.05) is 78.9 Å². The van der Waals surface area contributed by atoms with Crippen molar-refractivity contribution in [1.29, 1.82) is 0 Å². The van der Waals surface area contributed by atoms with Crippen LogP contribution in [0.1, 0.15) is 23.8 Å². The fourth-order valence-electron chi connectivity index (χ4n) is 7.92. The zero-order chi connectivity index (χ0) is 45.5. The van der Waals surface area contributed by atoms with E-state index in [1.807, 2.05) is 78.9 Å². The molecule has 2 aliphatic heterocycles. The Kier molecular flexibility index (Phi) is 15.5. The Morgan fingerprint density at radius 3 is 1.69 bits per heavy atom. The van der Waals surface area contributed by atoms with E-state index in [4.69, 9.17) is 23.4 Å². The number of esters is 1. The Hall–Kier alpha value is -7.61. The Labute approximate surface area is 377 Å². The predicted molar refractivity (Wildman–Crippen MR) is 239 cm³/mol. The van der Waals surface area contributed by atoms with Crippen molar-refractivity contribution in [3.63, 3.8) is 0 Å². The number of amides is 2. The van der Waals surface area contributed by atoms with Gasteiger partial charge in [-0.2, -0.15) is 0 Å². The number of carbonyl (C=O) groups excluding carboxylic acids is 3. The molecule has 6 aromatic rings. The molecule has 65 heavy (non-hydrogen) atoms. The normalized spacial score (nSPS) is 17.7. The van der Waals surface area contributed by atoms with Crippen LogP contribution in [0, 0.1) is 23.7 Å². The summed E-state index contributed by atoms with van der Waals surface area (Å²) in [6, 6.07) is 41.8. The number of aliphatic carboxylic acids is 1. The van der Waals surface area contributed by atoms with Gasteiger partial charge >= 0.3 is 24.1 Å². The third kappa shape index (κ3) is 12.7. The van der Waals surface area contributed by atoms with Crippen molar-refractivity contribution < 1.29 is 52.8 Å². The summed E-state index contributed by atoms with van der Waals surface area (Å²) in [6.45, 7) is 3.64. The number of aromatic hydroxyl groups is 1. The largest absolute Gasteiger partial charge is 0.508 e. The van der Waals surface area contributed by atoms with Crippen LogP contribution in [0.15, 0.2) is 150 Å². The van der Waals surface area contributed by atoms with Gasteiger partial charge in [0.15, 0.2) is 0 Å². The lowest BCUT2D eigenvalue weighted by Crippen LogP contribution is -2.32. The fraction of sp³-hybridized carbons (Fsp3) is 0.275. The molecule has 1 aromatic heterocycles. The Balaban J connectivity index is 0.000000206. The van der Waals surface area contributed by atoms with Crippen molar-refractivity contribution in [2.24, 2.45) is 23.7 Å². The van der Waals surface area contributed by atoms with Crippen LogP contribution in [0.2, 0.25) is 0 Å². The number of para-hydroxylation sites is 2. The van der Waals surface area contributed by atoms with Gasteiger partial charge in [0.25, 0.3) is 0 Å². The number of benzene rings is 5. The minimum Gasteiger partial charge on any atom is -0.508 e. The first-order valence-corrected chi connectivity index (χ1v) is 21.5. The summed E-state index contributed by atoms with van der Waals surface area (Å²) in [6.07, 6.45) is 2.44. The maximum atomic E-state index is 12.6. The highest BCUT2D eigenvalue weighted by Crippen LogP contribution is 2.31. The highest BCUT2D eigenvalue weighted by molar-refractivity contribution is 5.77. The topological polar surface area (TPSA) is 178 Å². The fourth-order valence-corrected chi connectivity index (χ4v) is 7.92. The van der Waals surface area contributed by atoms with Crippen molar-refractivity contribution in [3.05, 3.63) is 163 Å². The maximum absolute atomic E-state index is 12.6. The van der Waals surface area contributed by atoms with E-state index in [9.17, 15) is 29.4 Å². The second kappa shape index (κ2) is 22.1. The molecule has 2 N–H and O–H groups in total. The molecule has 4 atom stereocenters. The molecule has 14 nitrogen and oxygen atoms in total. The van der Waals surface area contributed by atoms with Crippen LogP contribution < -0.4 is 14.2 Å². The lowest BCUT2D eigenvalue weighted by atomic mass is 9.90. The third-order valence-electron chi connectivity index (χ3n) is 11.2. The number of hydrogen-bond acceptors (Lipinski definition) is 11. The number of ether oxygens (including phenoxy) is 4. The number of phenolic OH excluding ortho intramolecular Hbond substituents is 1. The van der Waals surface area contributed by atoms with Gasteiger partial charge in [0.1, 0.15) is 28.8 Å². The molecule has 0 aliphatic carbocycles. The molecule has 3 heterocycles. The van der Waals surface area contributed by atoms with Gasteiger partial charge in [-0.05, 0) is 103 Å². The molecule has 0 saturated carbocycles. The summed E-state index contributed by atoms with van der Waals surface area (Å²) in [7, 11) is 0. The first-order chi connectivity index (χ1) is 31.6. The van der Waals surface area contributed by atoms with Crippen LogP contribution in [0.4, 0.5) is 9.59 Å². The maximum Gasteiger partial charge on any atom is 0.415 e. The number of oxazole rings is 1. The highest BCUT2D eigenvalue weighted by Gasteiger charge is 2.42. The summed E-state index contributed by atoms with van der Waals surface area (Å²) in [5.74, 6) is 0.597. The van der Waals surface area contributed by atoms with Crippen LogP contribution in [0.3, 0.4) is 0 Å². The number of likely N-dealkylation sites (tertiary alicyclic amines) is 2. The number of rotatable bonds is 14. The standard InChI is InChI=1S/C30H28N2O6.C21H23NO5/c33-29(34)27-20-32(30(35)38-25-9-5-2-6-10-25)19-23(27)17-21-11-13-24(14-12-21)36-16-15-26-18-31-28(37-26)22-7-3-1-4-8-22;1-2-26-20(24)19-14-22(21(25)27-18-6-4-3-5-7-18)13-16(19)12-15-8-10-17(23)11-9-15/h1-14,18,23,27H,15-17,19-20H2,(H,33,34);3-11,16,19,23H,2,12-14H2,1H3/t23-,27+;16-,19+/m11/s1. The van der Waals surface area contributed by atoms with Gasteiger partial charge in [-0.25, -0.2) is 14.6 Å². The summed E-state index contributed by atoms with van der Waals surface area (Å²) in [5.41, 5.74) is 2.90. The molecule has 0 spiro atoms. The molecule has 2 fully saturated rings. The van der Waals surface area contributed by atoms with E-state index in [1.54, 1.807) is 78.7 Å². The summed E-state index contributed by atoms with van der Waals surface area (Å²) in [5, 5.41) is 19.2. The minimum absolute atomic E-state index is 0.0723. The molecular formula is C51H51N3O11. The quantitative estimate of drug-likeness (QED) is 0.0998. The zero-order valence-electron chi connectivity index (χ0n) is 35.9. The monoisotopic (exact) mass is 881 g/mol. The second-order valence-corrected chi connectivity index (χ2v) is 15.8. The van der Waals surface area contributed by atoms with Crippen molar-refractivity contribution in [2.45, 2.75) is 26.2 Å². The van der Waals surface area contributed by atoms with Crippen molar-refractivity contribution >= 4 is 24.1 Å². The Bertz CT molecular complexity index is 2460. The van der Waals surface area contributed by atoms with Gasteiger partial charge in [0.2, 0.25) is 5.89 Å². The average Bonchev–Trinajstić information content (AvgIpc) is 4.09. The number of aromatic nitrogens is 1. The van der Waals surface area contributed by atoms with Gasteiger partial charge in [0, 0.05) is 38.2 Å². The molecule has 8 rings (SSSR count). The number of phenols is 1. The van der Waals surface area contributed by atoms with Crippen LogP contribution in [0.5, 0.6) is 23.0 Å². The van der Waals surface area contributed by atoms with E-state index in [-0.39, 0.29) is 36.6 Å². The SMILES string of the molecule is CCOC(=O)[C@H]1CN(C(=O)Oc2ccccc2)C[C@H]1Cc1ccc(O)cc1.O=C(O)[C@H]1CN(C(=O)Oc2ccccc2)C[C@H]1Cc1ccc(OCCc2cnc(-c3ccccc3)o2)cc1. The summed E-state index contributed by atoms with van der Waals surface area (Å²) < 4.78 is 27.7. The molecule has 0 radical (unpaired) electrons. The van der Waals surface area contributed by atoms with Gasteiger partial charge in [-0.15, -0.1) is 0 Å². The average molecular weight is 882 g/mol. The number of carbonyl (C=O) groups is 4. The minimum atomic E-state index is -0.909. The van der Waals surface area contributed by atoms with E-state index < -0.39 is 30.0 Å². The molecule has 2 aliphatic rings. The Morgan fingerprint density at radius 1 is 0.646 bits per heavy atom. The molecule has 14 heteroatoms. The smallest absolute Gasteiger partial charge is 0.415 e. The van der Waals surface area contributed by atoms with E-state index in [0.717, 1.165) is 22.5 Å². The van der Waals surface area contributed by atoms with Crippen LogP contribution in [-0.2, 0) is 33.6 Å². The molecule has 2 saturated heterocycles. The van der Waals surface area contributed by atoms with Crippen molar-refractivity contribution in [2.75, 3.05) is 39.4 Å². The summed E-state index contributed by atoms with van der Waals surface area (Å²) >= 11 is 0. The van der Waals surface area contributed by atoms with Crippen molar-refractivity contribution in [3.8, 4) is 34.5 Å².